The molecule has 0 atom stereocenters. The van der Waals surface area contributed by atoms with Gasteiger partial charge in [-0.3, -0.25) is 4.98 Å². The summed E-state index contributed by atoms with van der Waals surface area (Å²) in [5.41, 5.74) is 8.07. The van der Waals surface area contributed by atoms with Crippen molar-refractivity contribution in [2.75, 3.05) is 7.11 Å². The van der Waals surface area contributed by atoms with E-state index in [0.717, 1.165) is 0 Å². The van der Waals surface area contributed by atoms with Crippen molar-refractivity contribution in [3.63, 3.8) is 0 Å². The largest absolute Gasteiger partial charge is 1.00 e. The van der Waals surface area contributed by atoms with Gasteiger partial charge in [-0.15, -0.1) is 0 Å². The van der Waals surface area contributed by atoms with E-state index in [9.17, 15) is 5.11 Å². The number of ether oxygens (including phenoxy) is 1. The Bertz CT molecular complexity index is 490. The number of nitrogens with zero attached hydrogens (tertiary/aromatic N) is 2. The first-order valence-corrected chi connectivity index (χ1v) is 3.95. The van der Waals surface area contributed by atoms with Crippen LogP contribution in [0, 0.1) is 0 Å². The van der Waals surface area contributed by atoms with Crippen LogP contribution < -0.4 is 62.9 Å². The molecule has 2 N–H and O–H groups in total. The van der Waals surface area contributed by atoms with Crippen LogP contribution in [0.5, 0.6) is 11.5 Å². The minimum Gasteiger partial charge on any atom is -0.504 e. The van der Waals surface area contributed by atoms with Gasteiger partial charge in [0, 0.05) is 17.8 Å². The number of hydrogen-bond acceptors (Lipinski definition) is 4. The number of nitrogens with one attached hydrogen (secondary N) is 1. The summed E-state index contributed by atoms with van der Waals surface area (Å²) < 4.78 is 4.92. The van der Waals surface area contributed by atoms with Crippen molar-refractivity contribution in [3.8, 4) is 11.5 Å². The molecular formula is C9H8N3O2Rb. The molecule has 72 valence electrons. The molecule has 1 aromatic heterocycles. The Hall–Kier alpha value is -0.235. The molecule has 2 rings (SSSR count). The number of rotatable bonds is 1. The van der Waals surface area contributed by atoms with E-state index >= 15 is 0 Å². The maximum atomic E-state index is 9.47. The molecule has 0 aliphatic heterocycles. The third kappa shape index (κ3) is 2.47. The molecule has 0 unspecified atom stereocenters. The van der Waals surface area contributed by atoms with Crippen LogP contribution in [0.4, 0.5) is 5.82 Å². The molecule has 0 amide bonds. The first kappa shape index (κ1) is 12.8. The molecule has 6 heteroatoms. The van der Waals surface area contributed by atoms with Gasteiger partial charge in [-0.2, -0.15) is 0 Å². The second-order valence-corrected chi connectivity index (χ2v) is 2.76. The van der Waals surface area contributed by atoms with Crippen molar-refractivity contribution in [2.45, 2.75) is 0 Å². The number of fused-ring (bicyclic) bond motifs is 1. The molecule has 0 radical (unpaired) electrons. The molecule has 0 saturated carbocycles. The van der Waals surface area contributed by atoms with Gasteiger partial charge in [0.1, 0.15) is 0 Å². The Morgan fingerprint density at radius 3 is 2.73 bits per heavy atom. The Balaban J connectivity index is 0.00000112. The third-order valence-electron chi connectivity index (χ3n) is 1.94. The smallest absolute Gasteiger partial charge is 0.504 e. The fourth-order valence-electron chi connectivity index (χ4n) is 1.24. The maximum Gasteiger partial charge on any atom is 1.00 e. The molecule has 15 heavy (non-hydrogen) atoms. The monoisotopic (exact) mass is 275 g/mol. The molecule has 0 fully saturated rings. The number of aromatic nitrogens is 2. The van der Waals surface area contributed by atoms with Crippen LogP contribution in [-0.2, 0) is 0 Å². The van der Waals surface area contributed by atoms with Gasteiger partial charge in [-0.25, -0.2) is 0 Å². The van der Waals surface area contributed by atoms with E-state index in [0.29, 0.717) is 16.7 Å². The predicted octanol–water partition coefficient (Wildman–Crippen LogP) is -0.968. The van der Waals surface area contributed by atoms with E-state index in [1.807, 2.05) is 0 Å². The SMILES string of the molecule is COc1cc2ncnc([NH-])c2cc1O.[Rb+]. The van der Waals surface area contributed by atoms with Crippen molar-refractivity contribution in [3.05, 3.63) is 24.2 Å². The minimum atomic E-state index is -0.0108. The molecule has 0 aliphatic rings. The Labute approximate surface area is 135 Å². The molecule has 0 bridgehead atoms. The second kappa shape index (κ2) is 5.20. The summed E-state index contributed by atoms with van der Waals surface area (Å²) in [7, 11) is 1.46. The van der Waals surface area contributed by atoms with Gasteiger partial charge < -0.3 is 20.6 Å². The first-order chi connectivity index (χ1) is 6.72. The van der Waals surface area contributed by atoms with Crippen LogP contribution in [-0.4, -0.2) is 22.2 Å². The molecule has 0 spiro atoms. The topological polar surface area (TPSA) is 79.0 Å². The van der Waals surface area contributed by atoms with E-state index in [-0.39, 0.29) is 69.8 Å². The maximum absolute atomic E-state index is 9.47. The van der Waals surface area contributed by atoms with E-state index in [1.54, 1.807) is 6.07 Å². The fraction of sp³-hybridized carbons (Fsp3) is 0.111. The van der Waals surface area contributed by atoms with E-state index < -0.39 is 0 Å². The fourth-order valence-corrected chi connectivity index (χ4v) is 1.24. The van der Waals surface area contributed by atoms with Gasteiger partial charge in [0.15, 0.2) is 11.5 Å². The summed E-state index contributed by atoms with van der Waals surface area (Å²) in [4.78, 5) is 7.68. The van der Waals surface area contributed by atoms with Gasteiger partial charge in [-0.05, 0) is 6.07 Å². The summed E-state index contributed by atoms with van der Waals surface area (Å²) in [5, 5.41) is 9.97. The number of benzene rings is 1. The van der Waals surface area contributed by atoms with Gasteiger partial charge in [-0.1, -0.05) is 5.82 Å². The average Bonchev–Trinajstić information content (AvgIpc) is 2.19. The number of phenols is 1. The number of methoxy groups -OCH3 is 1. The summed E-state index contributed by atoms with van der Waals surface area (Å²) in [5.74, 6) is 0.423. The molecule has 1 aromatic carbocycles. The molecular weight excluding hydrogens is 268 g/mol. The van der Waals surface area contributed by atoms with Crippen molar-refractivity contribution >= 4 is 16.7 Å². The van der Waals surface area contributed by atoms with Crippen molar-refractivity contribution < 1.29 is 68.0 Å². The van der Waals surface area contributed by atoms with Crippen LogP contribution in [0.15, 0.2) is 18.5 Å². The summed E-state index contributed by atoms with van der Waals surface area (Å²) >= 11 is 0. The molecule has 1 heterocycles. The summed E-state index contributed by atoms with van der Waals surface area (Å²) in [6.07, 6.45) is 1.31. The average molecular weight is 276 g/mol. The van der Waals surface area contributed by atoms with E-state index in [4.69, 9.17) is 10.5 Å². The summed E-state index contributed by atoms with van der Waals surface area (Å²) in [6.45, 7) is 0. The van der Waals surface area contributed by atoms with E-state index in [1.165, 1.54) is 19.5 Å². The van der Waals surface area contributed by atoms with Crippen LogP contribution in [0.3, 0.4) is 0 Å². The zero-order chi connectivity index (χ0) is 10.1. The Morgan fingerprint density at radius 1 is 1.33 bits per heavy atom. The zero-order valence-electron chi connectivity index (χ0n) is 8.48. The van der Waals surface area contributed by atoms with Crippen molar-refractivity contribution in [1.29, 1.82) is 0 Å². The standard InChI is InChI=1S/C9H8N3O2.Rb/c1-14-8-3-6-5(2-7(8)13)9(10)12-4-11-6;/h2-4H,1H3,(H2-,10,11,12,13);/q-1;+1. The number of phenolic OH excluding ortho intramolecular Hbond substituents is 1. The van der Waals surface area contributed by atoms with Crippen LogP contribution in [0.2, 0.25) is 0 Å². The van der Waals surface area contributed by atoms with Gasteiger partial charge in [0.2, 0.25) is 0 Å². The number of aromatic hydroxyl groups is 1. The molecule has 0 saturated heterocycles. The van der Waals surface area contributed by atoms with Crippen molar-refractivity contribution in [2.24, 2.45) is 0 Å². The molecule has 2 aromatic rings. The normalized spacial score (nSPS) is 9.67. The van der Waals surface area contributed by atoms with Gasteiger partial charge >= 0.3 is 58.2 Å². The molecule has 0 aliphatic carbocycles. The van der Waals surface area contributed by atoms with Crippen LogP contribution in [0.25, 0.3) is 16.6 Å². The summed E-state index contributed by atoms with van der Waals surface area (Å²) in [6, 6.07) is 3.00. The zero-order valence-corrected chi connectivity index (χ0v) is 13.4. The first-order valence-electron chi connectivity index (χ1n) is 3.95. The predicted molar refractivity (Wildman–Crippen MR) is 51.7 cm³/mol. The second-order valence-electron chi connectivity index (χ2n) is 2.76. The Morgan fingerprint density at radius 2 is 2.07 bits per heavy atom. The van der Waals surface area contributed by atoms with Crippen LogP contribution >= 0.6 is 0 Å². The van der Waals surface area contributed by atoms with Crippen LogP contribution in [0.1, 0.15) is 0 Å². The minimum absolute atomic E-state index is 0. The Kier molecular flexibility index (Phi) is 4.45. The van der Waals surface area contributed by atoms with Crippen molar-refractivity contribution in [1.82, 2.24) is 9.97 Å². The third-order valence-corrected chi connectivity index (χ3v) is 1.94. The van der Waals surface area contributed by atoms with Gasteiger partial charge in [0.05, 0.1) is 12.6 Å². The molecule has 5 nitrogen and oxygen atoms in total. The number of hydrogen-bond donors (Lipinski definition) is 1. The van der Waals surface area contributed by atoms with Gasteiger partial charge in [0.25, 0.3) is 0 Å². The van der Waals surface area contributed by atoms with E-state index in [2.05, 4.69) is 9.97 Å². The quantitative estimate of drug-likeness (QED) is 0.726.